The summed E-state index contributed by atoms with van der Waals surface area (Å²) < 4.78 is 0. The van der Waals surface area contributed by atoms with Gasteiger partial charge in [0.2, 0.25) is 0 Å². The highest BCUT2D eigenvalue weighted by Gasteiger charge is 2.11. The summed E-state index contributed by atoms with van der Waals surface area (Å²) in [7, 11) is 2.13. The molecule has 4 rings (SSSR count). The van der Waals surface area contributed by atoms with Crippen LogP contribution in [0.4, 0.5) is 0 Å². The zero-order valence-electron chi connectivity index (χ0n) is 14.3. The first-order chi connectivity index (χ1) is 12.3. The largest absolute Gasteiger partial charge is 0.139 e. The third-order valence-electron chi connectivity index (χ3n) is 4.59. The fraction of sp³-hybridized carbons (Fsp3) is 0. The van der Waals surface area contributed by atoms with E-state index < -0.39 is 0 Å². The highest BCUT2D eigenvalue weighted by Crippen LogP contribution is 2.37. The Labute approximate surface area is 150 Å². The van der Waals surface area contributed by atoms with Gasteiger partial charge in [0.1, 0.15) is 7.85 Å². The first-order valence-electron chi connectivity index (χ1n) is 8.64. The molecule has 4 aromatic rings. The van der Waals surface area contributed by atoms with E-state index in [1.807, 2.05) is 0 Å². The highest BCUT2D eigenvalue weighted by atomic mass is 14.1. The normalized spacial score (nSPS) is 10.6. The van der Waals surface area contributed by atoms with Crippen molar-refractivity contribution in [1.29, 1.82) is 0 Å². The van der Waals surface area contributed by atoms with Gasteiger partial charge >= 0.3 is 0 Å². The number of hydrogen-bond acceptors (Lipinski definition) is 0. The minimum Gasteiger partial charge on any atom is -0.0889 e. The van der Waals surface area contributed by atoms with E-state index in [4.69, 9.17) is 0 Å². The summed E-state index contributed by atoms with van der Waals surface area (Å²) in [5, 5.41) is 0. The Bertz CT molecular complexity index is 986. The van der Waals surface area contributed by atoms with Crippen LogP contribution < -0.4 is 5.46 Å². The number of rotatable bonds is 3. The van der Waals surface area contributed by atoms with Crippen molar-refractivity contribution in [2.24, 2.45) is 0 Å². The minimum atomic E-state index is 1.25. The molecule has 0 heterocycles. The first kappa shape index (κ1) is 15.5. The van der Waals surface area contributed by atoms with Crippen LogP contribution in [0.25, 0.3) is 33.4 Å². The highest BCUT2D eigenvalue weighted by molar-refractivity contribution is 6.32. The summed E-state index contributed by atoms with van der Waals surface area (Å²) >= 11 is 0. The average molecular weight is 318 g/mol. The van der Waals surface area contributed by atoms with E-state index in [0.717, 1.165) is 0 Å². The van der Waals surface area contributed by atoms with E-state index in [1.165, 1.54) is 38.8 Å². The Morgan fingerprint density at radius 2 is 0.760 bits per heavy atom. The second-order valence-electron chi connectivity index (χ2n) is 6.32. The van der Waals surface area contributed by atoms with Gasteiger partial charge in [-0.15, -0.1) is 0 Å². The van der Waals surface area contributed by atoms with E-state index in [-0.39, 0.29) is 0 Å². The van der Waals surface area contributed by atoms with Gasteiger partial charge in [-0.25, -0.2) is 0 Å². The molecular weight excluding hydrogens is 299 g/mol. The lowest BCUT2D eigenvalue weighted by atomic mass is 9.88. The summed E-state index contributed by atoms with van der Waals surface area (Å²) in [6.07, 6.45) is 0. The third-order valence-corrected chi connectivity index (χ3v) is 4.59. The van der Waals surface area contributed by atoms with Gasteiger partial charge in [0, 0.05) is 0 Å². The SMILES string of the molecule is Bc1ccc(-c2ccccc2-c2ccccc2-c2ccccc2)cc1. The van der Waals surface area contributed by atoms with Crippen LogP contribution in [0.1, 0.15) is 0 Å². The quantitative estimate of drug-likeness (QED) is 0.469. The van der Waals surface area contributed by atoms with Gasteiger partial charge < -0.3 is 0 Å². The molecule has 25 heavy (non-hydrogen) atoms. The van der Waals surface area contributed by atoms with Crippen molar-refractivity contribution in [3.63, 3.8) is 0 Å². The molecule has 0 spiro atoms. The molecule has 0 aliphatic rings. The summed E-state index contributed by atoms with van der Waals surface area (Å²) in [6.45, 7) is 0. The minimum absolute atomic E-state index is 1.25. The predicted octanol–water partition coefficient (Wildman–Crippen LogP) is 4.95. The van der Waals surface area contributed by atoms with E-state index in [9.17, 15) is 0 Å². The fourth-order valence-electron chi connectivity index (χ4n) is 3.29. The standard InChI is InChI=1S/C24H19B/c25-20-16-14-19(15-17-20)22-11-5-7-13-24(22)23-12-6-4-10-21(23)18-8-2-1-3-9-18/h1-17H,25H2. The van der Waals surface area contributed by atoms with Crippen LogP contribution in [0.5, 0.6) is 0 Å². The lowest BCUT2D eigenvalue weighted by molar-refractivity contribution is 1.57. The topological polar surface area (TPSA) is 0 Å². The summed E-state index contributed by atoms with van der Waals surface area (Å²) in [5.41, 5.74) is 8.86. The number of benzene rings is 4. The molecule has 0 aromatic heterocycles. The maximum atomic E-state index is 2.22. The molecule has 0 saturated heterocycles. The molecule has 0 unspecified atom stereocenters. The summed E-state index contributed by atoms with van der Waals surface area (Å²) in [6, 6.07) is 36.7. The molecule has 0 aliphatic carbocycles. The van der Waals surface area contributed by atoms with Gasteiger partial charge in [-0.1, -0.05) is 109 Å². The van der Waals surface area contributed by atoms with Crippen LogP contribution in [-0.2, 0) is 0 Å². The third kappa shape index (κ3) is 3.14. The number of hydrogen-bond donors (Lipinski definition) is 0. The lowest BCUT2D eigenvalue weighted by Gasteiger charge is -2.15. The Hall–Kier alpha value is -3.06. The van der Waals surface area contributed by atoms with E-state index in [2.05, 4.69) is 111 Å². The van der Waals surface area contributed by atoms with Gasteiger partial charge in [-0.05, 0) is 33.4 Å². The Balaban J connectivity index is 1.91. The Morgan fingerprint density at radius 1 is 0.360 bits per heavy atom. The molecule has 0 nitrogen and oxygen atoms in total. The van der Waals surface area contributed by atoms with Crippen LogP contribution >= 0.6 is 0 Å². The average Bonchev–Trinajstić information content (AvgIpc) is 2.69. The van der Waals surface area contributed by atoms with Gasteiger partial charge in [0.15, 0.2) is 0 Å². The van der Waals surface area contributed by atoms with Crippen molar-refractivity contribution < 1.29 is 0 Å². The monoisotopic (exact) mass is 318 g/mol. The predicted molar refractivity (Wildman–Crippen MR) is 111 cm³/mol. The maximum Gasteiger partial charge on any atom is 0.139 e. The fourth-order valence-corrected chi connectivity index (χ4v) is 3.29. The molecule has 0 N–H and O–H groups in total. The summed E-state index contributed by atoms with van der Waals surface area (Å²) in [4.78, 5) is 0. The summed E-state index contributed by atoms with van der Waals surface area (Å²) in [5.74, 6) is 0. The van der Waals surface area contributed by atoms with E-state index >= 15 is 0 Å². The van der Waals surface area contributed by atoms with Crippen molar-refractivity contribution in [3.05, 3.63) is 103 Å². The van der Waals surface area contributed by atoms with Gasteiger partial charge in [0.25, 0.3) is 0 Å². The van der Waals surface area contributed by atoms with Crippen molar-refractivity contribution in [3.8, 4) is 33.4 Å². The van der Waals surface area contributed by atoms with E-state index in [0.29, 0.717) is 0 Å². The van der Waals surface area contributed by atoms with Crippen molar-refractivity contribution >= 4 is 13.3 Å². The Morgan fingerprint density at radius 3 is 1.28 bits per heavy atom. The molecule has 0 amide bonds. The lowest BCUT2D eigenvalue weighted by Crippen LogP contribution is -1.99. The molecule has 0 bridgehead atoms. The molecule has 0 aliphatic heterocycles. The zero-order chi connectivity index (χ0) is 17.1. The van der Waals surface area contributed by atoms with Gasteiger partial charge in [0.05, 0.1) is 0 Å². The second-order valence-corrected chi connectivity index (χ2v) is 6.32. The molecule has 0 atom stereocenters. The van der Waals surface area contributed by atoms with Gasteiger partial charge in [-0.2, -0.15) is 0 Å². The molecule has 4 aromatic carbocycles. The van der Waals surface area contributed by atoms with Crippen LogP contribution in [0.3, 0.4) is 0 Å². The Kier molecular flexibility index (Phi) is 4.22. The van der Waals surface area contributed by atoms with E-state index in [1.54, 1.807) is 0 Å². The molecular formula is C24H19B. The molecule has 0 radical (unpaired) electrons. The van der Waals surface area contributed by atoms with Gasteiger partial charge in [-0.3, -0.25) is 0 Å². The smallest absolute Gasteiger partial charge is 0.0889 e. The van der Waals surface area contributed by atoms with Crippen LogP contribution in [0.2, 0.25) is 0 Å². The first-order valence-corrected chi connectivity index (χ1v) is 8.64. The van der Waals surface area contributed by atoms with Crippen molar-refractivity contribution in [1.82, 2.24) is 0 Å². The molecule has 118 valence electrons. The zero-order valence-corrected chi connectivity index (χ0v) is 14.3. The second kappa shape index (κ2) is 6.82. The molecule has 0 saturated carbocycles. The maximum absolute atomic E-state index is 2.22. The van der Waals surface area contributed by atoms with Crippen molar-refractivity contribution in [2.75, 3.05) is 0 Å². The molecule has 1 heteroatoms. The van der Waals surface area contributed by atoms with Crippen LogP contribution in [-0.4, -0.2) is 7.85 Å². The van der Waals surface area contributed by atoms with Crippen LogP contribution in [0, 0.1) is 0 Å². The molecule has 0 fully saturated rings. The van der Waals surface area contributed by atoms with Crippen LogP contribution in [0.15, 0.2) is 103 Å². The van der Waals surface area contributed by atoms with Crippen molar-refractivity contribution in [2.45, 2.75) is 0 Å².